The highest BCUT2D eigenvalue weighted by Gasteiger charge is 2.05. The molecule has 17 heavy (non-hydrogen) atoms. The second-order valence-corrected chi connectivity index (χ2v) is 4.42. The van der Waals surface area contributed by atoms with Gasteiger partial charge in [0.15, 0.2) is 0 Å². The largest absolute Gasteiger partial charge is 0.467 e. The normalized spacial score (nSPS) is 12.5. The van der Waals surface area contributed by atoms with E-state index in [4.69, 9.17) is 9.15 Å². The Labute approximate surface area is 104 Å². The van der Waals surface area contributed by atoms with Crippen molar-refractivity contribution in [1.29, 1.82) is 0 Å². The summed E-state index contributed by atoms with van der Waals surface area (Å²) in [7, 11) is 0. The Morgan fingerprint density at radius 1 is 1.47 bits per heavy atom. The van der Waals surface area contributed by atoms with Gasteiger partial charge in [-0.3, -0.25) is 0 Å². The van der Waals surface area contributed by atoms with Crippen molar-refractivity contribution in [2.45, 2.75) is 12.7 Å². The van der Waals surface area contributed by atoms with E-state index < -0.39 is 6.10 Å². The number of anilines is 1. The summed E-state index contributed by atoms with van der Waals surface area (Å²) >= 11 is 1.62. The molecule has 1 atom stereocenters. The van der Waals surface area contributed by atoms with Crippen molar-refractivity contribution in [3.8, 4) is 0 Å². The van der Waals surface area contributed by atoms with Crippen LogP contribution in [0.15, 0.2) is 39.6 Å². The Hall–Kier alpha value is -1.30. The molecule has 1 unspecified atom stereocenters. The Balaban J connectivity index is 1.59. The molecule has 0 aliphatic heterocycles. The molecule has 0 spiro atoms. The summed E-state index contributed by atoms with van der Waals surface area (Å²) in [6.45, 7) is 1.16. The number of furan rings is 1. The molecule has 0 radical (unpaired) electrons. The summed E-state index contributed by atoms with van der Waals surface area (Å²) in [5.74, 6) is 0.767. The van der Waals surface area contributed by atoms with Crippen LogP contribution in [0.4, 0.5) is 5.69 Å². The maximum absolute atomic E-state index is 9.66. The van der Waals surface area contributed by atoms with Crippen LogP contribution in [0, 0.1) is 0 Å². The smallest absolute Gasteiger partial charge is 0.129 e. The lowest BCUT2D eigenvalue weighted by Gasteiger charge is -2.11. The number of thiophene rings is 1. The van der Waals surface area contributed by atoms with Gasteiger partial charge in [0.05, 0.1) is 19.0 Å². The average Bonchev–Trinajstić information content (AvgIpc) is 2.99. The Bertz CT molecular complexity index is 399. The van der Waals surface area contributed by atoms with E-state index in [0.717, 1.165) is 11.4 Å². The summed E-state index contributed by atoms with van der Waals surface area (Å²) in [6.07, 6.45) is 1.08. The third-order valence-electron chi connectivity index (χ3n) is 2.20. The van der Waals surface area contributed by atoms with Crippen LogP contribution in [-0.4, -0.2) is 24.4 Å². The van der Waals surface area contributed by atoms with Crippen molar-refractivity contribution in [2.24, 2.45) is 0 Å². The SMILES string of the molecule is OC(CNc1ccsc1)COCc1ccco1. The van der Waals surface area contributed by atoms with Crippen molar-refractivity contribution < 1.29 is 14.3 Å². The van der Waals surface area contributed by atoms with Crippen LogP contribution in [0.1, 0.15) is 5.76 Å². The van der Waals surface area contributed by atoms with Crippen LogP contribution in [0.25, 0.3) is 0 Å². The molecule has 0 fully saturated rings. The van der Waals surface area contributed by atoms with Gasteiger partial charge in [-0.2, -0.15) is 11.3 Å². The Morgan fingerprint density at radius 2 is 2.41 bits per heavy atom. The first-order valence-corrected chi connectivity index (χ1v) is 6.33. The first-order valence-electron chi connectivity index (χ1n) is 5.39. The summed E-state index contributed by atoms with van der Waals surface area (Å²) < 4.78 is 10.4. The predicted octanol–water partition coefficient (Wildman–Crippen LogP) is 2.33. The highest BCUT2D eigenvalue weighted by Crippen LogP contribution is 2.11. The molecule has 4 nitrogen and oxygen atoms in total. The van der Waals surface area contributed by atoms with Crippen molar-refractivity contribution in [3.63, 3.8) is 0 Å². The maximum atomic E-state index is 9.66. The third kappa shape index (κ3) is 4.22. The Kier molecular flexibility index (Phi) is 4.61. The second-order valence-electron chi connectivity index (χ2n) is 3.64. The molecule has 2 rings (SSSR count). The summed E-state index contributed by atoms with van der Waals surface area (Å²) in [6, 6.07) is 5.63. The quantitative estimate of drug-likeness (QED) is 0.795. The lowest BCUT2D eigenvalue weighted by molar-refractivity contribution is 0.0282. The molecule has 0 saturated heterocycles. The van der Waals surface area contributed by atoms with Crippen LogP contribution < -0.4 is 5.32 Å². The summed E-state index contributed by atoms with van der Waals surface area (Å²) in [4.78, 5) is 0. The van der Waals surface area contributed by atoms with Crippen molar-refractivity contribution in [2.75, 3.05) is 18.5 Å². The number of aliphatic hydroxyl groups excluding tert-OH is 1. The fourth-order valence-electron chi connectivity index (χ4n) is 1.35. The molecular weight excluding hydrogens is 238 g/mol. The number of ether oxygens (including phenoxy) is 1. The van der Waals surface area contributed by atoms with Crippen LogP contribution in [0.3, 0.4) is 0 Å². The molecule has 0 bridgehead atoms. The molecular formula is C12H15NO3S. The van der Waals surface area contributed by atoms with Crippen LogP contribution >= 0.6 is 11.3 Å². The van der Waals surface area contributed by atoms with Crippen molar-refractivity contribution in [1.82, 2.24) is 0 Å². The van der Waals surface area contributed by atoms with E-state index in [1.807, 2.05) is 29.0 Å². The average molecular weight is 253 g/mol. The molecule has 0 aromatic carbocycles. The highest BCUT2D eigenvalue weighted by molar-refractivity contribution is 7.08. The van der Waals surface area contributed by atoms with E-state index >= 15 is 0 Å². The fraction of sp³-hybridized carbons (Fsp3) is 0.333. The molecule has 0 saturated carbocycles. The van der Waals surface area contributed by atoms with Gasteiger partial charge in [0.2, 0.25) is 0 Å². The highest BCUT2D eigenvalue weighted by atomic mass is 32.1. The third-order valence-corrected chi connectivity index (χ3v) is 2.88. The van der Waals surface area contributed by atoms with E-state index in [-0.39, 0.29) is 6.61 Å². The minimum Gasteiger partial charge on any atom is -0.467 e. The molecule has 92 valence electrons. The molecule has 2 N–H and O–H groups in total. The molecule has 0 aliphatic rings. The lowest BCUT2D eigenvalue weighted by Crippen LogP contribution is -2.24. The maximum Gasteiger partial charge on any atom is 0.129 e. The molecule has 0 amide bonds. The topological polar surface area (TPSA) is 54.6 Å². The lowest BCUT2D eigenvalue weighted by atomic mass is 10.3. The molecule has 2 aromatic rings. The number of hydrogen-bond acceptors (Lipinski definition) is 5. The van der Waals surface area contributed by atoms with E-state index in [1.165, 1.54) is 0 Å². The van der Waals surface area contributed by atoms with Crippen molar-refractivity contribution in [3.05, 3.63) is 41.0 Å². The van der Waals surface area contributed by atoms with Gasteiger partial charge < -0.3 is 19.6 Å². The van der Waals surface area contributed by atoms with E-state index in [2.05, 4.69) is 5.32 Å². The molecule has 0 aliphatic carbocycles. The van der Waals surface area contributed by atoms with Gasteiger partial charge in [-0.25, -0.2) is 0 Å². The second kappa shape index (κ2) is 6.44. The van der Waals surface area contributed by atoms with Crippen LogP contribution in [-0.2, 0) is 11.3 Å². The Morgan fingerprint density at radius 3 is 3.12 bits per heavy atom. The monoisotopic (exact) mass is 253 g/mol. The number of aliphatic hydroxyl groups is 1. The van der Waals surface area contributed by atoms with Gasteiger partial charge in [-0.15, -0.1) is 0 Å². The molecule has 2 heterocycles. The van der Waals surface area contributed by atoms with E-state index in [1.54, 1.807) is 17.6 Å². The van der Waals surface area contributed by atoms with Gasteiger partial charge in [0.25, 0.3) is 0 Å². The summed E-state index contributed by atoms with van der Waals surface area (Å²) in [5, 5.41) is 16.8. The number of nitrogens with one attached hydrogen (secondary N) is 1. The van der Waals surface area contributed by atoms with E-state index in [0.29, 0.717) is 13.2 Å². The first-order chi connectivity index (χ1) is 8.34. The standard InChI is InChI=1S/C12H15NO3S/c14-11(6-13-10-3-5-17-9-10)7-15-8-12-2-1-4-16-12/h1-5,9,11,13-14H,6-8H2. The minimum atomic E-state index is -0.523. The number of rotatable bonds is 7. The van der Waals surface area contributed by atoms with Gasteiger partial charge in [0, 0.05) is 17.6 Å². The molecule has 2 aromatic heterocycles. The van der Waals surface area contributed by atoms with Gasteiger partial charge in [-0.05, 0) is 23.6 Å². The van der Waals surface area contributed by atoms with Gasteiger partial charge in [-0.1, -0.05) is 0 Å². The minimum absolute atomic E-state index is 0.290. The van der Waals surface area contributed by atoms with E-state index in [9.17, 15) is 5.11 Å². The van der Waals surface area contributed by atoms with Crippen LogP contribution in [0.5, 0.6) is 0 Å². The predicted molar refractivity (Wildman–Crippen MR) is 67.2 cm³/mol. The van der Waals surface area contributed by atoms with Crippen LogP contribution in [0.2, 0.25) is 0 Å². The first kappa shape index (κ1) is 12.2. The number of hydrogen-bond donors (Lipinski definition) is 2. The van der Waals surface area contributed by atoms with Crippen molar-refractivity contribution >= 4 is 17.0 Å². The summed E-state index contributed by atoms with van der Waals surface area (Å²) in [5.41, 5.74) is 1.03. The van der Waals surface area contributed by atoms with Gasteiger partial charge >= 0.3 is 0 Å². The zero-order chi connectivity index (χ0) is 11.9. The zero-order valence-electron chi connectivity index (χ0n) is 9.33. The van der Waals surface area contributed by atoms with Gasteiger partial charge in [0.1, 0.15) is 12.4 Å². The molecule has 5 heteroatoms. The fourth-order valence-corrected chi connectivity index (χ4v) is 1.96. The zero-order valence-corrected chi connectivity index (χ0v) is 10.2.